The molecule has 0 aliphatic carbocycles. The van der Waals surface area contributed by atoms with Crippen LogP contribution in [-0.4, -0.2) is 93.5 Å². The lowest BCUT2D eigenvalue weighted by molar-refractivity contribution is -0.141. The highest BCUT2D eigenvalue weighted by Crippen LogP contribution is 2.29. The van der Waals surface area contributed by atoms with E-state index >= 15 is 0 Å². The van der Waals surface area contributed by atoms with Crippen molar-refractivity contribution in [3.05, 3.63) is 196 Å². The summed E-state index contributed by atoms with van der Waals surface area (Å²) in [5, 5.41) is 30.8. The molecular formula is C58H68BFN4O10. The smallest absolute Gasteiger partial charge is 0.377 e. The lowest BCUT2D eigenvalue weighted by atomic mass is 9.84. The van der Waals surface area contributed by atoms with Crippen molar-refractivity contribution in [2.75, 3.05) is 13.1 Å². The molecule has 16 heteroatoms. The van der Waals surface area contributed by atoms with Gasteiger partial charge in [0.15, 0.2) is 6.29 Å². The zero-order valence-electron chi connectivity index (χ0n) is 42.7. The van der Waals surface area contributed by atoms with Crippen molar-refractivity contribution in [1.29, 1.82) is 0 Å². The molecule has 6 aromatic rings. The number of para-hydroxylation sites is 3. The number of carboxylic acid groups (broad SMARTS) is 2. The fourth-order valence-corrected chi connectivity index (χ4v) is 8.63. The first kappa shape index (κ1) is 57.7. The molecule has 0 spiro atoms. The molecule has 390 valence electrons. The molecule has 4 atom stereocenters. The molecule has 6 N–H and O–H groups in total. The molecule has 0 bridgehead atoms. The summed E-state index contributed by atoms with van der Waals surface area (Å²) in [6.45, 7) is 12.4. The van der Waals surface area contributed by atoms with Gasteiger partial charge in [-0.2, -0.15) is 4.39 Å². The predicted molar refractivity (Wildman–Crippen MR) is 285 cm³/mol. The Hall–Kier alpha value is -7.21. The molecule has 8 rings (SSSR count). The summed E-state index contributed by atoms with van der Waals surface area (Å²) in [5.41, 5.74) is 15.3. The van der Waals surface area contributed by atoms with Gasteiger partial charge in [0.2, 0.25) is 0 Å². The summed E-state index contributed by atoms with van der Waals surface area (Å²) >= 11 is 0. The summed E-state index contributed by atoms with van der Waals surface area (Å²) < 4.78 is 28.6. The molecule has 0 radical (unpaired) electrons. The van der Waals surface area contributed by atoms with Gasteiger partial charge < -0.3 is 45.3 Å². The number of nitrogens with one attached hydrogen (secondary N) is 1. The van der Waals surface area contributed by atoms with Crippen molar-refractivity contribution < 1.29 is 53.0 Å². The number of carbonyl (C=O) groups is 4. The molecule has 0 amide bonds. The molecule has 0 saturated carbocycles. The van der Waals surface area contributed by atoms with E-state index in [2.05, 4.69) is 78.7 Å². The number of aryl methyl sites for hydroxylation is 3. The van der Waals surface area contributed by atoms with Crippen LogP contribution in [0.2, 0.25) is 6.82 Å². The molecule has 2 heterocycles. The van der Waals surface area contributed by atoms with Gasteiger partial charge in [0.1, 0.15) is 49.2 Å². The van der Waals surface area contributed by atoms with Crippen molar-refractivity contribution in [1.82, 2.24) is 15.0 Å². The molecule has 14 nitrogen and oxygen atoms in total. The zero-order valence-corrected chi connectivity index (χ0v) is 42.7. The highest BCUT2D eigenvalue weighted by Gasteiger charge is 2.38. The van der Waals surface area contributed by atoms with Crippen molar-refractivity contribution in [3.8, 4) is 17.2 Å². The Balaban J connectivity index is 0.000000249. The zero-order chi connectivity index (χ0) is 53.6. The van der Waals surface area contributed by atoms with E-state index in [1.54, 1.807) is 19.0 Å². The second kappa shape index (κ2) is 29.5. The Morgan fingerprint density at radius 2 is 1.12 bits per heavy atom. The van der Waals surface area contributed by atoms with E-state index in [9.17, 15) is 28.9 Å². The van der Waals surface area contributed by atoms with Crippen LogP contribution in [0, 0.1) is 20.8 Å². The van der Waals surface area contributed by atoms with Crippen LogP contribution in [0.15, 0.2) is 146 Å². The van der Waals surface area contributed by atoms with Crippen LogP contribution in [0.1, 0.15) is 74.6 Å². The second-order valence-electron chi connectivity index (χ2n) is 18.4. The average molecular weight is 1010 g/mol. The normalized spacial score (nSPS) is 16.8. The molecule has 2 saturated heterocycles. The van der Waals surface area contributed by atoms with Crippen LogP contribution >= 0.6 is 0 Å². The van der Waals surface area contributed by atoms with Gasteiger partial charge >= 0.3 is 19.0 Å². The quantitative estimate of drug-likeness (QED) is 0.0311. The highest BCUT2D eigenvalue weighted by atomic mass is 19.1. The van der Waals surface area contributed by atoms with Crippen LogP contribution in [0.3, 0.4) is 0 Å². The lowest BCUT2D eigenvalue weighted by Gasteiger charge is -2.30. The largest absolute Gasteiger partial charge is 0.489 e. The minimum atomic E-state index is -1.33. The Morgan fingerprint density at radius 1 is 0.689 bits per heavy atom. The van der Waals surface area contributed by atoms with Crippen molar-refractivity contribution in [2.45, 2.75) is 104 Å². The Morgan fingerprint density at radius 3 is 1.51 bits per heavy atom. The van der Waals surface area contributed by atoms with E-state index in [1.807, 2.05) is 85.8 Å². The van der Waals surface area contributed by atoms with E-state index in [4.69, 9.17) is 29.8 Å². The molecule has 2 aliphatic heterocycles. The van der Waals surface area contributed by atoms with Gasteiger partial charge in [-0.1, -0.05) is 138 Å². The summed E-state index contributed by atoms with van der Waals surface area (Å²) in [5.74, 6) is 0.580. The Kier molecular flexibility index (Phi) is 23.0. The standard InChI is InChI=1S/C35H38N2O4.C15H14O2.C6H13BN2O3.C2H3FO/c1-25-9-7-11-27(17-25)23-40-33-15-5-3-13-29(33)21-37(31-19-32(35(38)39)36-20-31)22-30-14-4-6-16-34(30)41-24-28-12-8-10-26(2)18-28;1-12-5-4-6-13(9-12)11-17-15-8-3-2-7-14(15)10-16;1-7(12)9-3-4(8)2-5(9)6(10)11;1-2(3)4/h3-18,31-32,36H,19-24H2,1-2H3,(H,38,39);2-10H,11H2,1H3;4-5,12H,2-3,8H2,1H3,(H,10,11);1H3/t31?,32-;;4?,5-;/m0.0./s1. The molecule has 74 heavy (non-hydrogen) atoms. The van der Waals surface area contributed by atoms with Gasteiger partial charge in [0.25, 0.3) is 6.04 Å². The average Bonchev–Trinajstić information content (AvgIpc) is 4.04. The number of benzene rings is 6. The number of aliphatic carboxylic acids is 2. The first-order chi connectivity index (χ1) is 35.5. The van der Waals surface area contributed by atoms with Crippen LogP contribution in [-0.2, 0) is 47.3 Å². The highest BCUT2D eigenvalue weighted by molar-refractivity contribution is 6.45. The first-order valence-electron chi connectivity index (χ1n) is 24.5. The number of carbonyl (C=O) groups excluding carboxylic acids is 2. The number of nitrogens with two attached hydrogens (primary N) is 1. The Labute approximate surface area is 434 Å². The maximum absolute atomic E-state index is 11.8. The summed E-state index contributed by atoms with van der Waals surface area (Å²) in [6, 6.07) is 45.7. The van der Waals surface area contributed by atoms with Crippen molar-refractivity contribution in [2.24, 2.45) is 5.73 Å². The van der Waals surface area contributed by atoms with E-state index < -0.39 is 37.1 Å². The van der Waals surface area contributed by atoms with Crippen LogP contribution in [0.5, 0.6) is 17.2 Å². The predicted octanol–water partition coefficient (Wildman–Crippen LogP) is 8.75. The summed E-state index contributed by atoms with van der Waals surface area (Å²) in [4.78, 5) is 45.8. The molecule has 2 unspecified atom stereocenters. The molecule has 6 aromatic carbocycles. The maximum atomic E-state index is 11.8. The monoisotopic (exact) mass is 1010 g/mol. The van der Waals surface area contributed by atoms with Crippen LogP contribution in [0.4, 0.5) is 4.39 Å². The summed E-state index contributed by atoms with van der Waals surface area (Å²) in [6.07, 6.45) is 1.76. The molecule has 2 aliphatic rings. The molecule has 2 fully saturated rings. The number of rotatable bonds is 18. The number of hydrogen-bond donors (Lipinski definition) is 5. The van der Waals surface area contributed by atoms with Crippen LogP contribution in [0.25, 0.3) is 0 Å². The van der Waals surface area contributed by atoms with Crippen molar-refractivity contribution >= 4 is 31.3 Å². The Bertz CT molecular complexity index is 2660. The SMILES string of the molecule is CB(O)N1CC(N)C[C@H]1C(=O)O.CC(=O)F.Cc1cccc(COc2ccccc2C=O)c1.Cc1cccc(COc2ccccc2CN(Cc2ccccc2OCc2cccc(C)c2)C2CN[C@H](C(=O)O)C2)c1. The van der Waals surface area contributed by atoms with Gasteiger partial charge in [-0.05, 0) is 81.4 Å². The van der Waals surface area contributed by atoms with E-state index in [-0.39, 0.29) is 12.1 Å². The van der Waals surface area contributed by atoms with Gasteiger partial charge in [-0.15, -0.1) is 0 Å². The van der Waals surface area contributed by atoms with E-state index in [0.29, 0.717) is 70.2 Å². The molecule has 0 aromatic heterocycles. The number of carboxylic acids is 2. The minimum absolute atomic E-state index is 0.0470. The van der Waals surface area contributed by atoms with Crippen LogP contribution < -0.4 is 25.3 Å². The van der Waals surface area contributed by atoms with Crippen molar-refractivity contribution in [3.63, 3.8) is 0 Å². The second-order valence-corrected chi connectivity index (χ2v) is 18.4. The topological polar surface area (TPSA) is 201 Å². The van der Waals surface area contributed by atoms with Gasteiger partial charge in [0, 0.05) is 56.3 Å². The third kappa shape index (κ3) is 19.0. The fraction of sp³-hybridized carbons (Fsp3) is 0.310. The van der Waals surface area contributed by atoms with E-state index in [1.165, 1.54) is 21.5 Å². The third-order valence-electron chi connectivity index (χ3n) is 12.2. The first-order valence-corrected chi connectivity index (χ1v) is 24.5. The summed E-state index contributed by atoms with van der Waals surface area (Å²) in [7, 11) is -0.736. The maximum Gasteiger partial charge on any atom is 0.377 e. The number of nitrogens with zero attached hydrogens (tertiary/aromatic N) is 2. The van der Waals surface area contributed by atoms with Gasteiger partial charge in [-0.25, -0.2) is 0 Å². The number of hydrogen-bond acceptors (Lipinski definition) is 12. The van der Waals surface area contributed by atoms with Gasteiger partial charge in [0.05, 0.1) is 5.56 Å². The fourth-order valence-electron chi connectivity index (χ4n) is 8.63. The minimum Gasteiger partial charge on any atom is -0.489 e. The molecular weight excluding hydrogens is 942 g/mol. The van der Waals surface area contributed by atoms with E-state index in [0.717, 1.165) is 52.5 Å². The number of halogens is 1. The third-order valence-corrected chi connectivity index (χ3v) is 12.2. The number of aldehydes is 1. The number of ether oxygens (including phenoxy) is 3. The van der Waals surface area contributed by atoms with Gasteiger partial charge in [-0.3, -0.25) is 24.1 Å². The lowest BCUT2D eigenvalue weighted by Crippen LogP contribution is -2.45.